The molecule has 1 aromatic carbocycles. The maximum Gasteiger partial charge on any atom is 0.271 e. The van der Waals surface area contributed by atoms with Crippen molar-refractivity contribution >= 4 is 18.3 Å². The van der Waals surface area contributed by atoms with Crippen LogP contribution in [-0.2, 0) is 0 Å². The highest BCUT2D eigenvalue weighted by atomic mass is 35.5. The van der Waals surface area contributed by atoms with Crippen LogP contribution in [0.25, 0.3) is 0 Å². The summed E-state index contributed by atoms with van der Waals surface area (Å²) in [4.78, 5) is 12.5. The van der Waals surface area contributed by atoms with Gasteiger partial charge in [0.05, 0.1) is 12.1 Å². The van der Waals surface area contributed by atoms with Crippen molar-refractivity contribution in [2.75, 3.05) is 19.6 Å². The fraction of sp³-hybridized carbons (Fsp3) is 0.500. The van der Waals surface area contributed by atoms with Gasteiger partial charge in [0.25, 0.3) is 5.91 Å². The number of aliphatic hydroxyl groups excluding tert-OH is 1. The van der Waals surface area contributed by atoms with E-state index >= 15 is 0 Å². The topological polar surface area (TPSA) is 79.2 Å². The van der Waals surface area contributed by atoms with E-state index in [1.54, 1.807) is 6.07 Å². The van der Waals surface area contributed by atoms with Crippen molar-refractivity contribution < 1.29 is 9.90 Å². The first kappa shape index (κ1) is 19.9. The Morgan fingerprint density at radius 2 is 2.11 bits per heavy atom. The number of carbonyl (C=O) groups excluding carboxylic acids is 1. The van der Waals surface area contributed by atoms with E-state index in [1.165, 1.54) is 0 Å². The van der Waals surface area contributed by atoms with Gasteiger partial charge in [-0.25, -0.2) is 0 Å². The smallest absolute Gasteiger partial charge is 0.271 e. The Labute approximate surface area is 165 Å². The van der Waals surface area contributed by atoms with Gasteiger partial charge in [0, 0.05) is 24.7 Å². The summed E-state index contributed by atoms with van der Waals surface area (Å²) in [6.45, 7) is 2.42. The second-order valence-corrected chi connectivity index (χ2v) is 7.54. The molecule has 1 aliphatic carbocycles. The number of amides is 1. The summed E-state index contributed by atoms with van der Waals surface area (Å²) in [7, 11) is 0. The maximum atomic E-state index is 12.5. The highest BCUT2D eigenvalue weighted by Gasteiger charge is 2.49. The average Bonchev–Trinajstić information content (AvgIpc) is 3.33. The third-order valence-corrected chi connectivity index (χ3v) is 5.67. The molecule has 3 N–H and O–H groups in total. The minimum absolute atomic E-state index is 0. The van der Waals surface area contributed by atoms with Gasteiger partial charge in [0.2, 0.25) is 0 Å². The van der Waals surface area contributed by atoms with E-state index in [4.69, 9.17) is 0 Å². The SMILES string of the molecule is Cl.O=C(NCC1(C(O)c2ccccc2)CC1)c1ccn(C2CCCNC2)n1. The van der Waals surface area contributed by atoms with Crippen LogP contribution in [0.2, 0.25) is 0 Å². The second-order valence-electron chi connectivity index (χ2n) is 7.54. The summed E-state index contributed by atoms with van der Waals surface area (Å²) < 4.78 is 1.90. The molecule has 0 bridgehead atoms. The van der Waals surface area contributed by atoms with Gasteiger partial charge >= 0.3 is 0 Å². The molecule has 1 aliphatic heterocycles. The molecule has 1 aromatic heterocycles. The van der Waals surface area contributed by atoms with Crippen molar-refractivity contribution in [3.05, 3.63) is 53.9 Å². The molecule has 2 atom stereocenters. The molecule has 1 saturated heterocycles. The third kappa shape index (κ3) is 4.34. The fourth-order valence-electron chi connectivity index (χ4n) is 3.76. The number of nitrogens with one attached hydrogen (secondary N) is 2. The van der Waals surface area contributed by atoms with E-state index in [-0.39, 0.29) is 23.7 Å². The van der Waals surface area contributed by atoms with Crippen molar-refractivity contribution in [1.29, 1.82) is 0 Å². The van der Waals surface area contributed by atoms with E-state index in [0.29, 0.717) is 18.3 Å². The van der Waals surface area contributed by atoms with Gasteiger partial charge in [0.15, 0.2) is 0 Å². The largest absolute Gasteiger partial charge is 0.388 e. The van der Waals surface area contributed by atoms with Crippen LogP contribution in [0.3, 0.4) is 0 Å². The number of aromatic nitrogens is 2. The number of nitrogens with zero attached hydrogens (tertiary/aromatic N) is 2. The standard InChI is InChI=1S/C20H26N4O2.ClH/c25-18(15-5-2-1-3-6-15)20(9-10-20)14-22-19(26)17-8-12-24(23-17)16-7-4-11-21-13-16;/h1-3,5-6,8,12,16,18,21,25H,4,7,9-11,13-14H2,(H,22,26);1H. The molecular weight excluding hydrogens is 364 g/mol. The first-order valence-electron chi connectivity index (χ1n) is 9.45. The van der Waals surface area contributed by atoms with Crippen molar-refractivity contribution in [3.63, 3.8) is 0 Å². The van der Waals surface area contributed by atoms with E-state index in [0.717, 1.165) is 44.3 Å². The molecule has 4 rings (SSSR count). The van der Waals surface area contributed by atoms with E-state index in [1.807, 2.05) is 41.2 Å². The molecule has 0 radical (unpaired) electrons. The predicted octanol–water partition coefficient (Wildman–Crippen LogP) is 2.47. The molecule has 2 heterocycles. The molecule has 27 heavy (non-hydrogen) atoms. The predicted molar refractivity (Wildman–Crippen MR) is 106 cm³/mol. The highest BCUT2D eigenvalue weighted by Crippen LogP contribution is 2.54. The third-order valence-electron chi connectivity index (χ3n) is 5.67. The first-order valence-corrected chi connectivity index (χ1v) is 9.45. The van der Waals surface area contributed by atoms with Gasteiger partial charge in [-0.15, -0.1) is 12.4 Å². The lowest BCUT2D eigenvalue weighted by Gasteiger charge is -2.23. The summed E-state index contributed by atoms with van der Waals surface area (Å²) in [6.07, 6.45) is 5.40. The van der Waals surface area contributed by atoms with Gasteiger partial charge in [-0.3, -0.25) is 9.48 Å². The lowest BCUT2D eigenvalue weighted by Crippen LogP contribution is -2.34. The number of rotatable bonds is 6. The second kappa shape index (κ2) is 8.42. The number of hydrogen-bond donors (Lipinski definition) is 3. The normalized spacial score (nSPS) is 21.7. The van der Waals surface area contributed by atoms with Crippen molar-refractivity contribution in [2.45, 2.75) is 37.8 Å². The quantitative estimate of drug-likeness (QED) is 0.708. The number of halogens is 1. The molecule has 6 nitrogen and oxygen atoms in total. The van der Waals surface area contributed by atoms with Gasteiger partial charge in [-0.05, 0) is 43.9 Å². The summed E-state index contributed by atoms with van der Waals surface area (Å²) in [5.41, 5.74) is 1.11. The zero-order valence-corrected chi connectivity index (χ0v) is 16.1. The van der Waals surface area contributed by atoms with Crippen LogP contribution in [0.1, 0.15) is 53.9 Å². The average molecular weight is 391 g/mol. The first-order chi connectivity index (χ1) is 12.7. The number of piperidine rings is 1. The number of carbonyl (C=O) groups is 1. The monoisotopic (exact) mass is 390 g/mol. The van der Waals surface area contributed by atoms with Crippen LogP contribution in [0.4, 0.5) is 0 Å². The van der Waals surface area contributed by atoms with Crippen molar-refractivity contribution in [3.8, 4) is 0 Å². The van der Waals surface area contributed by atoms with Crippen LogP contribution < -0.4 is 10.6 Å². The zero-order chi connectivity index (χ0) is 18.0. The van der Waals surface area contributed by atoms with Crippen LogP contribution in [-0.4, -0.2) is 40.4 Å². The molecule has 1 amide bonds. The summed E-state index contributed by atoms with van der Waals surface area (Å²) >= 11 is 0. The Morgan fingerprint density at radius 1 is 1.33 bits per heavy atom. The minimum atomic E-state index is -0.546. The lowest BCUT2D eigenvalue weighted by atomic mass is 9.92. The van der Waals surface area contributed by atoms with Crippen molar-refractivity contribution in [1.82, 2.24) is 20.4 Å². The Hall–Kier alpha value is -1.89. The van der Waals surface area contributed by atoms with Crippen LogP contribution >= 0.6 is 12.4 Å². The molecular formula is C20H27ClN4O2. The van der Waals surface area contributed by atoms with E-state index in [2.05, 4.69) is 15.7 Å². The van der Waals surface area contributed by atoms with Gasteiger partial charge < -0.3 is 15.7 Å². The molecule has 7 heteroatoms. The van der Waals surface area contributed by atoms with E-state index < -0.39 is 6.10 Å². The zero-order valence-electron chi connectivity index (χ0n) is 15.3. The minimum Gasteiger partial charge on any atom is -0.388 e. The molecule has 2 unspecified atom stereocenters. The van der Waals surface area contributed by atoms with Gasteiger partial charge in [0.1, 0.15) is 5.69 Å². The molecule has 146 valence electrons. The Bertz CT molecular complexity index is 754. The summed E-state index contributed by atoms with van der Waals surface area (Å²) in [5, 5.41) is 21.5. The summed E-state index contributed by atoms with van der Waals surface area (Å²) in [6, 6.07) is 11.8. The number of hydrogen-bond acceptors (Lipinski definition) is 4. The van der Waals surface area contributed by atoms with Crippen molar-refractivity contribution in [2.24, 2.45) is 5.41 Å². The van der Waals surface area contributed by atoms with Gasteiger partial charge in [-0.2, -0.15) is 5.10 Å². The molecule has 0 spiro atoms. The van der Waals surface area contributed by atoms with Crippen LogP contribution in [0.5, 0.6) is 0 Å². The lowest BCUT2D eigenvalue weighted by molar-refractivity contribution is 0.0804. The number of aliphatic hydroxyl groups is 1. The Kier molecular flexibility index (Phi) is 6.19. The number of benzene rings is 1. The Morgan fingerprint density at radius 3 is 2.78 bits per heavy atom. The van der Waals surface area contributed by atoms with E-state index in [9.17, 15) is 9.90 Å². The van der Waals surface area contributed by atoms with Crippen LogP contribution in [0.15, 0.2) is 42.6 Å². The van der Waals surface area contributed by atoms with Gasteiger partial charge in [-0.1, -0.05) is 30.3 Å². The molecule has 2 aliphatic rings. The fourth-order valence-corrected chi connectivity index (χ4v) is 3.76. The maximum absolute atomic E-state index is 12.5. The molecule has 2 aromatic rings. The molecule has 1 saturated carbocycles. The molecule has 2 fully saturated rings. The summed E-state index contributed by atoms with van der Waals surface area (Å²) in [5.74, 6) is -0.168. The highest BCUT2D eigenvalue weighted by molar-refractivity contribution is 5.92. The van der Waals surface area contributed by atoms with Crippen LogP contribution in [0, 0.1) is 5.41 Å². The Balaban J connectivity index is 0.00000210.